The van der Waals surface area contributed by atoms with Crippen LogP contribution in [0.5, 0.6) is 0 Å². The van der Waals surface area contributed by atoms with E-state index >= 15 is 0 Å². The van der Waals surface area contributed by atoms with E-state index in [0.717, 1.165) is 13.2 Å². The van der Waals surface area contributed by atoms with Gasteiger partial charge in [0, 0.05) is 6.54 Å². The predicted octanol–water partition coefficient (Wildman–Crippen LogP) is 1.02. The molecule has 0 saturated heterocycles. The van der Waals surface area contributed by atoms with Crippen molar-refractivity contribution in [3.8, 4) is 0 Å². The standard InChI is InChI=1S/C10H10ClF2NO4S/c1-18-10(15)7(11)5-14-19(16,17)6-2-3-8(12)9(13)4-6/h2-4,7,14H,5H2,1H3. The van der Waals surface area contributed by atoms with Crippen molar-refractivity contribution in [2.45, 2.75) is 10.3 Å². The van der Waals surface area contributed by atoms with Gasteiger partial charge in [-0.2, -0.15) is 0 Å². The fraction of sp³-hybridized carbons (Fsp3) is 0.300. The molecule has 1 N–H and O–H groups in total. The quantitative estimate of drug-likeness (QED) is 0.651. The maximum absolute atomic E-state index is 12.9. The molecule has 9 heteroatoms. The lowest BCUT2D eigenvalue weighted by atomic mass is 10.3. The number of hydrogen-bond donors (Lipinski definition) is 1. The summed E-state index contributed by atoms with van der Waals surface area (Å²) in [5.41, 5.74) is 0. The second-order valence-corrected chi connectivity index (χ2v) is 5.71. The Hall–Kier alpha value is -1.25. The molecule has 0 aliphatic heterocycles. The summed E-state index contributed by atoms with van der Waals surface area (Å²) in [4.78, 5) is 10.5. The number of sulfonamides is 1. The number of ether oxygens (including phenoxy) is 1. The number of alkyl halides is 1. The van der Waals surface area contributed by atoms with Gasteiger partial charge >= 0.3 is 5.97 Å². The molecule has 0 saturated carbocycles. The molecule has 0 bridgehead atoms. The Kier molecular flexibility index (Phi) is 5.21. The number of halogens is 3. The van der Waals surface area contributed by atoms with Crippen molar-refractivity contribution >= 4 is 27.6 Å². The minimum absolute atomic E-state index is 0.435. The highest BCUT2D eigenvalue weighted by atomic mass is 35.5. The summed E-state index contributed by atoms with van der Waals surface area (Å²) in [6, 6.07) is 2.10. The monoisotopic (exact) mass is 313 g/mol. The Bertz CT molecular complexity index is 579. The van der Waals surface area contributed by atoms with Crippen LogP contribution in [-0.2, 0) is 19.6 Å². The summed E-state index contributed by atoms with van der Waals surface area (Å²) >= 11 is 5.55. The summed E-state index contributed by atoms with van der Waals surface area (Å²) in [6.45, 7) is -0.435. The fourth-order valence-corrected chi connectivity index (χ4v) is 2.44. The van der Waals surface area contributed by atoms with Crippen molar-refractivity contribution in [2.75, 3.05) is 13.7 Å². The third-order valence-electron chi connectivity index (χ3n) is 2.11. The fourth-order valence-electron chi connectivity index (χ4n) is 1.12. The van der Waals surface area contributed by atoms with Crippen molar-refractivity contribution < 1.29 is 26.7 Å². The van der Waals surface area contributed by atoms with E-state index in [4.69, 9.17) is 11.6 Å². The summed E-state index contributed by atoms with van der Waals surface area (Å²) in [5, 5.41) is -1.22. The topological polar surface area (TPSA) is 72.5 Å². The third kappa shape index (κ3) is 4.12. The van der Waals surface area contributed by atoms with Gasteiger partial charge in [0.1, 0.15) is 5.38 Å². The van der Waals surface area contributed by atoms with Gasteiger partial charge in [0.25, 0.3) is 0 Å². The highest BCUT2D eigenvalue weighted by Crippen LogP contribution is 2.13. The Morgan fingerprint density at radius 1 is 1.42 bits per heavy atom. The van der Waals surface area contributed by atoms with Crippen LogP contribution in [0.1, 0.15) is 0 Å². The van der Waals surface area contributed by atoms with Crippen LogP contribution in [0.4, 0.5) is 8.78 Å². The van der Waals surface area contributed by atoms with E-state index in [2.05, 4.69) is 4.74 Å². The Labute approximate surface area is 113 Å². The Morgan fingerprint density at radius 3 is 2.58 bits per heavy atom. The van der Waals surface area contributed by atoms with E-state index in [-0.39, 0.29) is 0 Å². The molecule has 5 nitrogen and oxygen atoms in total. The minimum atomic E-state index is -4.09. The van der Waals surface area contributed by atoms with Crippen molar-refractivity contribution in [1.82, 2.24) is 4.72 Å². The van der Waals surface area contributed by atoms with Crippen molar-refractivity contribution in [2.24, 2.45) is 0 Å². The second kappa shape index (κ2) is 6.27. The van der Waals surface area contributed by atoms with Gasteiger partial charge in [-0.25, -0.2) is 21.9 Å². The molecule has 0 aliphatic carbocycles. The SMILES string of the molecule is COC(=O)C(Cl)CNS(=O)(=O)c1ccc(F)c(F)c1. The van der Waals surface area contributed by atoms with Crippen LogP contribution in [0.15, 0.2) is 23.1 Å². The van der Waals surface area contributed by atoms with Gasteiger partial charge in [0.2, 0.25) is 10.0 Å². The summed E-state index contributed by atoms with van der Waals surface area (Å²) < 4.78 is 55.3. The van der Waals surface area contributed by atoms with Crippen molar-refractivity contribution in [3.63, 3.8) is 0 Å². The lowest BCUT2D eigenvalue weighted by Crippen LogP contribution is -2.34. The molecule has 0 aliphatic rings. The molecule has 106 valence electrons. The molecule has 0 aromatic heterocycles. The molecule has 1 aromatic carbocycles. The van der Waals surface area contributed by atoms with Crippen molar-refractivity contribution in [3.05, 3.63) is 29.8 Å². The Morgan fingerprint density at radius 2 is 2.05 bits per heavy atom. The zero-order valence-electron chi connectivity index (χ0n) is 9.69. The van der Waals surface area contributed by atoms with Gasteiger partial charge in [0.15, 0.2) is 11.6 Å². The number of carbonyl (C=O) groups is 1. The predicted molar refractivity (Wildman–Crippen MR) is 63.2 cm³/mol. The molecule has 19 heavy (non-hydrogen) atoms. The van der Waals surface area contributed by atoms with E-state index in [1.807, 2.05) is 4.72 Å². The molecular weight excluding hydrogens is 304 g/mol. The number of nitrogens with one attached hydrogen (secondary N) is 1. The van der Waals surface area contributed by atoms with Crippen LogP contribution in [0.3, 0.4) is 0 Å². The first-order valence-corrected chi connectivity index (χ1v) is 6.86. The van der Waals surface area contributed by atoms with Gasteiger partial charge in [0.05, 0.1) is 12.0 Å². The molecule has 0 fully saturated rings. The summed E-state index contributed by atoms with van der Waals surface area (Å²) in [6.07, 6.45) is 0. The van der Waals surface area contributed by atoms with Gasteiger partial charge in [-0.15, -0.1) is 11.6 Å². The molecule has 0 heterocycles. The maximum Gasteiger partial charge on any atom is 0.325 e. The van der Waals surface area contributed by atoms with Gasteiger partial charge in [-0.1, -0.05) is 0 Å². The van der Waals surface area contributed by atoms with E-state index in [9.17, 15) is 22.0 Å². The molecule has 0 radical (unpaired) electrons. The average Bonchev–Trinajstić information content (AvgIpc) is 2.38. The highest BCUT2D eigenvalue weighted by molar-refractivity contribution is 7.89. The number of rotatable bonds is 5. The molecular formula is C10H10ClF2NO4S. The smallest absolute Gasteiger partial charge is 0.325 e. The van der Waals surface area contributed by atoms with Crippen LogP contribution in [-0.4, -0.2) is 33.4 Å². The first-order chi connectivity index (χ1) is 8.77. The Balaban J connectivity index is 2.81. The molecule has 1 rings (SSSR count). The first kappa shape index (κ1) is 15.8. The van der Waals surface area contributed by atoms with Crippen LogP contribution in [0, 0.1) is 11.6 Å². The number of carbonyl (C=O) groups excluding carboxylic acids is 1. The number of methoxy groups -OCH3 is 1. The van der Waals surface area contributed by atoms with E-state index in [0.29, 0.717) is 12.1 Å². The first-order valence-electron chi connectivity index (χ1n) is 4.94. The molecule has 0 amide bonds. The van der Waals surface area contributed by atoms with E-state index in [1.165, 1.54) is 0 Å². The molecule has 1 unspecified atom stereocenters. The van der Waals surface area contributed by atoms with Crippen molar-refractivity contribution in [1.29, 1.82) is 0 Å². The number of hydrogen-bond acceptors (Lipinski definition) is 4. The largest absolute Gasteiger partial charge is 0.468 e. The zero-order chi connectivity index (χ0) is 14.6. The normalized spacial score (nSPS) is 13.1. The number of benzene rings is 1. The maximum atomic E-state index is 12.9. The molecule has 1 aromatic rings. The van der Waals surface area contributed by atoms with Crippen LogP contribution in [0.2, 0.25) is 0 Å². The average molecular weight is 314 g/mol. The lowest BCUT2D eigenvalue weighted by Gasteiger charge is -2.09. The number of esters is 1. The van der Waals surface area contributed by atoms with Crippen LogP contribution in [0.25, 0.3) is 0 Å². The lowest BCUT2D eigenvalue weighted by molar-refractivity contribution is -0.140. The summed E-state index contributed by atoms with van der Waals surface area (Å²) in [7, 11) is -2.99. The van der Waals surface area contributed by atoms with Crippen LogP contribution < -0.4 is 4.72 Å². The zero-order valence-corrected chi connectivity index (χ0v) is 11.3. The molecule has 1 atom stereocenters. The van der Waals surface area contributed by atoms with Gasteiger partial charge < -0.3 is 4.74 Å². The molecule has 0 spiro atoms. The minimum Gasteiger partial charge on any atom is -0.468 e. The summed E-state index contributed by atoms with van der Waals surface area (Å²) in [5.74, 6) is -3.27. The highest BCUT2D eigenvalue weighted by Gasteiger charge is 2.21. The van der Waals surface area contributed by atoms with Crippen LogP contribution >= 0.6 is 11.6 Å². The third-order valence-corrected chi connectivity index (χ3v) is 3.86. The van der Waals surface area contributed by atoms with E-state index < -0.39 is 44.4 Å². The second-order valence-electron chi connectivity index (χ2n) is 3.42. The van der Waals surface area contributed by atoms with Gasteiger partial charge in [-0.3, -0.25) is 4.79 Å². The van der Waals surface area contributed by atoms with E-state index in [1.54, 1.807) is 0 Å². The van der Waals surface area contributed by atoms with Gasteiger partial charge in [-0.05, 0) is 18.2 Å².